The van der Waals surface area contributed by atoms with Gasteiger partial charge in [0.1, 0.15) is 5.75 Å². The summed E-state index contributed by atoms with van der Waals surface area (Å²) in [5.41, 5.74) is 2.93. The lowest BCUT2D eigenvalue weighted by Gasteiger charge is -2.20. The largest absolute Gasteiger partial charge is 0.497 e. The molecule has 0 aliphatic carbocycles. The summed E-state index contributed by atoms with van der Waals surface area (Å²) in [6.07, 6.45) is 0. The molecule has 3 rings (SSSR count). The van der Waals surface area contributed by atoms with E-state index in [-0.39, 0.29) is 0 Å². The molecule has 3 aromatic rings. The van der Waals surface area contributed by atoms with Crippen molar-refractivity contribution in [2.45, 2.75) is 13.8 Å². The zero-order valence-electron chi connectivity index (χ0n) is 14.1. The zero-order chi connectivity index (χ0) is 16.9. The number of ether oxygens (including phenoxy) is 1. The molecule has 124 valence electrons. The van der Waals surface area contributed by atoms with E-state index < -0.39 is 0 Å². The molecule has 2 aromatic carbocycles. The first kappa shape index (κ1) is 16.4. The maximum absolute atomic E-state index is 5.23. The Morgan fingerprint density at radius 3 is 2.46 bits per heavy atom. The van der Waals surface area contributed by atoms with Gasteiger partial charge in [-0.05, 0) is 56.3 Å². The maximum Gasteiger partial charge on any atom is 0.231 e. The van der Waals surface area contributed by atoms with E-state index in [0.29, 0.717) is 5.13 Å². The minimum Gasteiger partial charge on any atom is -0.497 e. The molecule has 24 heavy (non-hydrogen) atoms. The highest BCUT2D eigenvalue weighted by molar-refractivity contribution is 7.21. The van der Waals surface area contributed by atoms with E-state index in [9.17, 15) is 0 Å². The number of hydrogen-bond acceptors (Lipinski definition) is 6. The highest BCUT2D eigenvalue weighted by Crippen LogP contribution is 2.32. The van der Waals surface area contributed by atoms with Crippen LogP contribution >= 0.6 is 11.3 Å². The number of nitrogens with zero attached hydrogens (tertiary/aromatic N) is 4. The summed E-state index contributed by atoms with van der Waals surface area (Å²) >= 11 is 1.50. The molecule has 0 bridgehead atoms. The van der Waals surface area contributed by atoms with Gasteiger partial charge in [-0.15, -0.1) is 10.2 Å². The van der Waals surface area contributed by atoms with Crippen LogP contribution in [0.3, 0.4) is 0 Å². The van der Waals surface area contributed by atoms with E-state index in [0.717, 1.165) is 34.7 Å². The van der Waals surface area contributed by atoms with Crippen LogP contribution < -0.4 is 9.64 Å². The first-order chi connectivity index (χ1) is 11.7. The standard InChI is InChI=1S/C18H20N4OS/c1-4-22(5-2)14-8-6-13(7-9-14)20-21-18-19-16-11-10-15(23-3)12-17(16)24-18/h6-12H,4-5H2,1-3H3/b21-20+. The van der Waals surface area contributed by atoms with Crippen LogP contribution in [0, 0.1) is 0 Å². The molecule has 0 saturated heterocycles. The number of aromatic nitrogens is 1. The van der Waals surface area contributed by atoms with Gasteiger partial charge < -0.3 is 9.64 Å². The molecule has 0 unspecified atom stereocenters. The molecule has 6 heteroatoms. The van der Waals surface area contributed by atoms with Gasteiger partial charge in [0.05, 0.1) is 23.0 Å². The van der Waals surface area contributed by atoms with Gasteiger partial charge in [0.25, 0.3) is 0 Å². The van der Waals surface area contributed by atoms with Crippen molar-refractivity contribution in [3.63, 3.8) is 0 Å². The van der Waals surface area contributed by atoms with Crippen LogP contribution in [0.25, 0.3) is 10.2 Å². The summed E-state index contributed by atoms with van der Waals surface area (Å²) in [4.78, 5) is 6.76. The minimum absolute atomic E-state index is 0.645. The predicted octanol–water partition coefficient (Wildman–Crippen LogP) is 5.57. The third-order valence-corrected chi connectivity index (χ3v) is 4.72. The molecule has 0 spiro atoms. The van der Waals surface area contributed by atoms with Gasteiger partial charge in [0.2, 0.25) is 5.13 Å². The van der Waals surface area contributed by atoms with Crippen molar-refractivity contribution in [3.8, 4) is 5.75 Å². The third-order valence-electron chi connectivity index (χ3n) is 3.81. The Labute approximate surface area is 145 Å². The Morgan fingerprint density at radius 2 is 1.79 bits per heavy atom. The summed E-state index contributed by atoms with van der Waals surface area (Å²) in [5.74, 6) is 0.821. The lowest BCUT2D eigenvalue weighted by atomic mass is 10.2. The molecule has 5 nitrogen and oxygen atoms in total. The molecule has 0 aliphatic heterocycles. The van der Waals surface area contributed by atoms with Crippen molar-refractivity contribution in [1.29, 1.82) is 0 Å². The van der Waals surface area contributed by atoms with E-state index in [1.807, 2.05) is 30.3 Å². The van der Waals surface area contributed by atoms with E-state index in [1.54, 1.807) is 7.11 Å². The number of hydrogen-bond donors (Lipinski definition) is 0. The number of azo groups is 1. The molecule has 0 N–H and O–H groups in total. The SMILES string of the molecule is CCN(CC)c1ccc(/N=N/c2nc3ccc(OC)cc3s2)cc1. The monoisotopic (exact) mass is 340 g/mol. The Bertz CT molecular complexity index is 838. The van der Waals surface area contributed by atoms with Crippen LogP contribution in [0.4, 0.5) is 16.5 Å². The Morgan fingerprint density at radius 1 is 1.04 bits per heavy atom. The molecule has 1 heterocycles. The molecule has 0 fully saturated rings. The predicted molar refractivity (Wildman–Crippen MR) is 100 cm³/mol. The minimum atomic E-state index is 0.645. The average Bonchev–Trinajstić information content (AvgIpc) is 3.04. The number of anilines is 1. The molecular weight excluding hydrogens is 320 g/mol. The van der Waals surface area contributed by atoms with E-state index in [1.165, 1.54) is 17.0 Å². The van der Waals surface area contributed by atoms with Crippen molar-refractivity contribution in [2.75, 3.05) is 25.1 Å². The van der Waals surface area contributed by atoms with Gasteiger partial charge in [-0.3, -0.25) is 0 Å². The normalized spacial score (nSPS) is 11.3. The van der Waals surface area contributed by atoms with Gasteiger partial charge in [-0.2, -0.15) is 0 Å². The van der Waals surface area contributed by atoms with Gasteiger partial charge in [0, 0.05) is 18.8 Å². The van der Waals surface area contributed by atoms with Crippen molar-refractivity contribution in [3.05, 3.63) is 42.5 Å². The van der Waals surface area contributed by atoms with Crippen LogP contribution in [0.1, 0.15) is 13.8 Å². The number of thiazole rings is 1. The second kappa shape index (κ2) is 7.40. The van der Waals surface area contributed by atoms with Crippen LogP contribution in [0.15, 0.2) is 52.7 Å². The molecular formula is C18H20N4OS. The second-order valence-corrected chi connectivity index (χ2v) is 6.23. The lowest BCUT2D eigenvalue weighted by Crippen LogP contribution is -2.21. The summed E-state index contributed by atoms with van der Waals surface area (Å²) in [7, 11) is 1.66. The molecule has 0 amide bonds. The van der Waals surface area contributed by atoms with Gasteiger partial charge >= 0.3 is 0 Å². The van der Waals surface area contributed by atoms with Crippen molar-refractivity contribution in [2.24, 2.45) is 10.2 Å². The lowest BCUT2D eigenvalue weighted by molar-refractivity contribution is 0.415. The molecule has 0 saturated carbocycles. The van der Waals surface area contributed by atoms with E-state index in [2.05, 4.69) is 46.1 Å². The maximum atomic E-state index is 5.23. The summed E-state index contributed by atoms with van der Waals surface area (Å²) in [6.45, 7) is 6.29. The van der Waals surface area contributed by atoms with Gasteiger partial charge in [-0.25, -0.2) is 4.98 Å². The smallest absolute Gasteiger partial charge is 0.231 e. The Balaban J connectivity index is 1.77. The van der Waals surface area contributed by atoms with Crippen LogP contribution in [0.2, 0.25) is 0 Å². The fraction of sp³-hybridized carbons (Fsp3) is 0.278. The summed E-state index contributed by atoms with van der Waals surface area (Å²) in [6, 6.07) is 13.9. The van der Waals surface area contributed by atoms with Gasteiger partial charge in [-0.1, -0.05) is 11.3 Å². The highest BCUT2D eigenvalue weighted by atomic mass is 32.1. The zero-order valence-corrected chi connectivity index (χ0v) is 14.9. The fourth-order valence-electron chi connectivity index (χ4n) is 2.48. The first-order valence-electron chi connectivity index (χ1n) is 7.94. The summed E-state index contributed by atoms with van der Waals surface area (Å²) < 4.78 is 6.27. The fourth-order valence-corrected chi connectivity index (χ4v) is 3.30. The molecule has 1 aromatic heterocycles. The topological polar surface area (TPSA) is 50.1 Å². The van der Waals surface area contributed by atoms with Crippen molar-refractivity contribution >= 4 is 38.1 Å². The number of rotatable bonds is 6. The van der Waals surface area contributed by atoms with Crippen LogP contribution in [0.5, 0.6) is 5.75 Å². The molecule has 0 atom stereocenters. The third kappa shape index (κ3) is 3.54. The van der Waals surface area contributed by atoms with Crippen molar-refractivity contribution < 1.29 is 4.74 Å². The first-order valence-corrected chi connectivity index (χ1v) is 8.76. The number of fused-ring (bicyclic) bond motifs is 1. The molecule has 0 radical (unpaired) electrons. The second-order valence-electron chi connectivity index (χ2n) is 5.22. The summed E-state index contributed by atoms with van der Waals surface area (Å²) in [5, 5.41) is 9.20. The van der Waals surface area contributed by atoms with E-state index >= 15 is 0 Å². The van der Waals surface area contributed by atoms with Gasteiger partial charge in [0.15, 0.2) is 0 Å². The number of benzene rings is 2. The Hall–Kier alpha value is -2.47. The van der Waals surface area contributed by atoms with Crippen LogP contribution in [-0.2, 0) is 0 Å². The molecule has 0 aliphatic rings. The highest BCUT2D eigenvalue weighted by Gasteiger charge is 2.05. The van der Waals surface area contributed by atoms with Crippen LogP contribution in [-0.4, -0.2) is 25.2 Å². The number of methoxy groups -OCH3 is 1. The average molecular weight is 340 g/mol. The van der Waals surface area contributed by atoms with E-state index in [4.69, 9.17) is 4.74 Å². The quantitative estimate of drug-likeness (QED) is 0.551. The Kier molecular flexibility index (Phi) is 5.05. The van der Waals surface area contributed by atoms with Crippen molar-refractivity contribution in [1.82, 2.24) is 4.98 Å².